The average molecular weight is 274 g/mol. The summed E-state index contributed by atoms with van der Waals surface area (Å²) in [7, 11) is 0. The lowest BCUT2D eigenvalue weighted by Gasteiger charge is -1.96. The molecule has 0 fully saturated rings. The Morgan fingerprint density at radius 2 is 2.05 bits per heavy atom. The highest BCUT2D eigenvalue weighted by Crippen LogP contribution is 2.19. The van der Waals surface area contributed by atoms with E-state index < -0.39 is 0 Å². The van der Waals surface area contributed by atoms with Gasteiger partial charge >= 0.3 is 0 Å². The molecule has 2 aromatic heterocycles. The Balaban J connectivity index is 0.00000133. The first-order valence-electron chi connectivity index (χ1n) is 5.49. The number of hydrogen-bond acceptors (Lipinski definition) is 3. The second-order valence-electron chi connectivity index (χ2n) is 3.95. The van der Waals surface area contributed by atoms with Crippen molar-refractivity contribution in [1.82, 2.24) is 15.0 Å². The summed E-state index contributed by atoms with van der Waals surface area (Å²) in [6.45, 7) is 0. The largest absolute Gasteiger partial charge is 0.384 e. The maximum absolute atomic E-state index is 7.41. The normalized spacial score (nSPS) is 10.1. The van der Waals surface area contributed by atoms with Crippen LogP contribution >= 0.6 is 12.4 Å². The fourth-order valence-electron chi connectivity index (χ4n) is 1.80. The fraction of sp³-hybridized carbons (Fsp3) is 0. The summed E-state index contributed by atoms with van der Waals surface area (Å²) in [4.78, 5) is 11.9. The number of nitrogen functional groups attached to an aromatic ring is 1. The van der Waals surface area contributed by atoms with Gasteiger partial charge in [-0.25, -0.2) is 4.98 Å². The van der Waals surface area contributed by atoms with E-state index in [4.69, 9.17) is 11.1 Å². The molecule has 0 aliphatic rings. The molecule has 4 N–H and O–H groups in total. The third-order valence-electron chi connectivity index (χ3n) is 2.70. The van der Waals surface area contributed by atoms with E-state index in [1.54, 1.807) is 12.3 Å². The Labute approximate surface area is 115 Å². The number of amidine groups is 1. The molecule has 0 amide bonds. The second-order valence-corrected chi connectivity index (χ2v) is 3.95. The third-order valence-corrected chi connectivity index (χ3v) is 2.70. The molecule has 0 aliphatic carbocycles. The molecule has 3 aromatic rings. The van der Waals surface area contributed by atoms with Crippen molar-refractivity contribution in [2.45, 2.75) is 0 Å². The van der Waals surface area contributed by atoms with Crippen molar-refractivity contribution in [2.24, 2.45) is 5.73 Å². The summed E-state index contributed by atoms with van der Waals surface area (Å²) in [6, 6.07) is 11.1. The minimum absolute atomic E-state index is 0. The average Bonchev–Trinajstić information content (AvgIpc) is 2.82. The van der Waals surface area contributed by atoms with Crippen molar-refractivity contribution >= 4 is 29.3 Å². The first kappa shape index (κ1) is 13.0. The van der Waals surface area contributed by atoms with Crippen molar-refractivity contribution in [3.63, 3.8) is 0 Å². The van der Waals surface area contributed by atoms with Crippen LogP contribution in [0.15, 0.2) is 42.6 Å². The van der Waals surface area contributed by atoms with E-state index in [1.165, 1.54) is 0 Å². The predicted molar refractivity (Wildman–Crippen MR) is 77.6 cm³/mol. The number of benzene rings is 1. The lowest BCUT2D eigenvalue weighted by Crippen LogP contribution is -2.10. The molecule has 0 unspecified atom stereocenters. The molecule has 0 bridgehead atoms. The number of hydrogen-bond donors (Lipinski definition) is 3. The smallest absolute Gasteiger partial charge is 0.157 e. The van der Waals surface area contributed by atoms with E-state index in [2.05, 4.69) is 15.0 Å². The molecule has 5 nitrogen and oxygen atoms in total. The molecular weight excluding hydrogens is 262 g/mol. The molecule has 2 heterocycles. The van der Waals surface area contributed by atoms with Crippen LogP contribution in [-0.2, 0) is 0 Å². The topological polar surface area (TPSA) is 91.4 Å². The first-order valence-corrected chi connectivity index (χ1v) is 5.49. The monoisotopic (exact) mass is 273 g/mol. The lowest BCUT2D eigenvalue weighted by atomic mass is 10.2. The molecule has 6 heteroatoms. The van der Waals surface area contributed by atoms with Gasteiger partial charge in [0, 0.05) is 11.8 Å². The predicted octanol–water partition coefficient (Wildman–Crippen LogP) is 2.33. The van der Waals surface area contributed by atoms with Crippen LogP contribution in [0, 0.1) is 5.41 Å². The van der Waals surface area contributed by atoms with Gasteiger partial charge in [0.05, 0.1) is 11.0 Å². The Bertz CT molecular complexity index is 720. The quantitative estimate of drug-likeness (QED) is 0.494. The summed E-state index contributed by atoms with van der Waals surface area (Å²) in [6.07, 6.45) is 1.73. The van der Waals surface area contributed by atoms with Crippen molar-refractivity contribution in [1.29, 1.82) is 5.41 Å². The number of imidazole rings is 1. The van der Waals surface area contributed by atoms with Crippen LogP contribution in [0.2, 0.25) is 0 Å². The molecule has 3 rings (SSSR count). The van der Waals surface area contributed by atoms with Crippen molar-refractivity contribution in [3.8, 4) is 11.5 Å². The zero-order valence-corrected chi connectivity index (χ0v) is 10.7. The summed E-state index contributed by atoms with van der Waals surface area (Å²) in [5, 5.41) is 7.41. The standard InChI is InChI=1S/C13H11N5.ClH/c14-12(15)8-4-5-9-11(7-8)18-13(17-9)10-3-1-2-6-16-10;/h1-7H,(H3,14,15)(H,17,18);1H. The zero-order chi connectivity index (χ0) is 12.5. The van der Waals surface area contributed by atoms with Crippen molar-refractivity contribution < 1.29 is 0 Å². The minimum atomic E-state index is 0. The van der Waals surface area contributed by atoms with E-state index in [-0.39, 0.29) is 18.2 Å². The molecule has 0 radical (unpaired) electrons. The second kappa shape index (κ2) is 5.07. The van der Waals surface area contributed by atoms with Crippen molar-refractivity contribution in [2.75, 3.05) is 0 Å². The fourth-order valence-corrected chi connectivity index (χ4v) is 1.80. The van der Waals surface area contributed by atoms with E-state index in [1.807, 2.05) is 30.3 Å². The van der Waals surface area contributed by atoms with Gasteiger partial charge in [-0.3, -0.25) is 10.4 Å². The molecule has 0 spiro atoms. The highest BCUT2D eigenvalue weighted by Gasteiger charge is 2.07. The number of H-pyrrole nitrogens is 1. The SMILES string of the molecule is Cl.N=C(N)c1ccc2nc(-c3ccccn3)[nH]c2c1. The van der Waals surface area contributed by atoms with E-state index >= 15 is 0 Å². The highest BCUT2D eigenvalue weighted by atomic mass is 35.5. The van der Waals surface area contributed by atoms with Gasteiger partial charge in [-0.15, -0.1) is 12.4 Å². The number of nitrogens with two attached hydrogens (primary N) is 1. The molecule has 0 saturated carbocycles. The van der Waals surface area contributed by atoms with Crippen LogP contribution in [0.3, 0.4) is 0 Å². The van der Waals surface area contributed by atoms with Crippen molar-refractivity contribution in [3.05, 3.63) is 48.2 Å². The molecule has 0 atom stereocenters. The van der Waals surface area contributed by atoms with Gasteiger partial charge in [0.1, 0.15) is 11.5 Å². The van der Waals surface area contributed by atoms with Crippen LogP contribution < -0.4 is 5.73 Å². The highest BCUT2D eigenvalue weighted by molar-refractivity contribution is 5.98. The van der Waals surface area contributed by atoms with Gasteiger partial charge in [-0.05, 0) is 30.3 Å². The molecular formula is C13H12ClN5. The number of aromatic nitrogens is 3. The van der Waals surface area contributed by atoms with E-state index in [0.29, 0.717) is 11.4 Å². The van der Waals surface area contributed by atoms with Gasteiger partial charge in [-0.2, -0.15) is 0 Å². The number of nitrogens with one attached hydrogen (secondary N) is 2. The van der Waals surface area contributed by atoms with Crippen LogP contribution in [-0.4, -0.2) is 20.8 Å². The Morgan fingerprint density at radius 1 is 1.21 bits per heavy atom. The number of aromatic amines is 1. The lowest BCUT2D eigenvalue weighted by molar-refractivity contribution is 1.24. The number of nitrogens with zero attached hydrogens (tertiary/aromatic N) is 2. The maximum Gasteiger partial charge on any atom is 0.157 e. The Kier molecular flexibility index (Phi) is 3.48. The van der Waals surface area contributed by atoms with Crippen LogP contribution in [0.25, 0.3) is 22.6 Å². The summed E-state index contributed by atoms with van der Waals surface area (Å²) >= 11 is 0. The van der Waals surface area contributed by atoms with Gasteiger partial charge in [0.15, 0.2) is 5.82 Å². The van der Waals surface area contributed by atoms with Gasteiger partial charge in [-0.1, -0.05) is 6.07 Å². The molecule has 0 aliphatic heterocycles. The Hall–Kier alpha value is -2.40. The van der Waals surface area contributed by atoms with E-state index in [0.717, 1.165) is 16.7 Å². The summed E-state index contributed by atoms with van der Waals surface area (Å²) in [5.41, 5.74) is 8.61. The Morgan fingerprint density at radius 3 is 2.74 bits per heavy atom. The van der Waals surface area contributed by atoms with E-state index in [9.17, 15) is 0 Å². The minimum Gasteiger partial charge on any atom is -0.384 e. The first-order chi connectivity index (χ1) is 8.74. The summed E-state index contributed by atoms with van der Waals surface area (Å²) < 4.78 is 0. The number of rotatable bonds is 2. The number of fused-ring (bicyclic) bond motifs is 1. The molecule has 96 valence electrons. The van der Waals surface area contributed by atoms with Crippen LogP contribution in [0.4, 0.5) is 0 Å². The van der Waals surface area contributed by atoms with Gasteiger partial charge < -0.3 is 10.7 Å². The van der Waals surface area contributed by atoms with Gasteiger partial charge in [0.25, 0.3) is 0 Å². The molecule has 19 heavy (non-hydrogen) atoms. The molecule has 0 saturated heterocycles. The summed E-state index contributed by atoms with van der Waals surface area (Å²) in [5.74, 6) is 0.761. The van der Waals surface area contributed by atoms with Crippen LogP contribution in [0.1, 0.15) is 5.56 Å². The molecule has 1 aromatic carbocycles. The van der Waals surface area contributed by atoms with Crippen LogP contribution in [0.5, 0.6) is 0 Å². The number of halogens is 1. The third kappa shape index (κ3) is 2.41. The zero-order valence-electron chi connectivity index (χ0n) is 9.92. The van der Waals surface area contributed by atoms with Gasteiger partial charge in [0.2, 0.25) is 0 Å². The number of pyridine rings is 1. The maximum atomic E-state index is 7.41.